The maximum absolute atomic E-state index is 12.7. The first-order valence-corrected chi connectivity index (χ1v) is 9.81. The zero-order chi connectivity index (χ0) is 20.3. The molecule has 1 N–H and O–H groups in total. The Labute approximate surface area is 168 Å². The SMILES string of the molecule is COc1ccc(NC(=O)c2ccc(C(C)(C)C)cc2)cc1N1CCN(C)CC1. The van der Waals surface area contributed by atoms with Crippen LogP contribution in [0.1, 0.15) is 36.7 Å². The summed E-state index contributed by atoms with van der Waals surface area (Å²) in [6, 6.07) is 13.6. The topological polar surface area (TPSA) is 44.8 Å². The molecule has 28 heavy (non-hydrogen) atoms. The number of amides is 1. The monoisotopic (exact) mass is 381 g/mol. The number of hydrogen-bond acceptors (Lipinski definition) is 4. The second-order valence-corrected chi connectivity index (χ2v) is 8.46. The van der Waals surface area contributed by atoms with Crippen molar-refractivity contribution in [3.63, 3.8) is 0 Å². The van der Waals surface area contributed by atoms with Gasteiger partial charge < -0.3 is 19.9 Å². The summed E-state index contributed by atoms with van der Waals surface area (Å²) in [5, 5.41) is 3.02. The van der Waals surface area contributed by atoms with Crippen molar-refractivity contribution in [3.8, 4) is 5.75 Å². The van der Waals surface area contributed by atoms with Crippen LogP contribution in [0.4, 0.5) is 11.4 Å². The second-order valence-electron chi connectivity index (χ2n) is 8.46. The Kier molecular flexibility index (Phi) is 5.94. The van der Waals surface area contributed by atoms with E-state index in [0.717, 1.165) is 43.3 Å². The number of hydrogen-bond donors (Lipinski definition) is 1. The summed E-state index contributed by atoms with van der Waals surface area (Å²) in [5.74, 6) is 0.729. The van der Waals surface area contributed by atoms with E-state index < -0.39 is 0 Å². The zero-order valence-corrected chi connectivity index (χ0v) is 17.6. The highest BCUT2D eigenvalue weighted by Gasteiger charge is 2.19. The Hall–Kier alpha value is -2.53. The van der Waals surface area contributed by atoms with E-state index in [1.54, 1.807) is 7.11 Å². The number of nitrogens with one attached hydrogen (secondary N) is 1. The highest BCUT2D eigenvalue weighted by molar-refractivity contribution is 6.04. The number of rotatable bonds is 4. The third-order valence-electron chi connectivity index (χ3n) is 5.29. The maximum Gasteiger partial charge on any atom is 0.255 e. The Morgan fingerprint density at radius 3 is 2.21 bits per heavy atom. The lowest BCUT2D eigenvalue weighted by molar-refractivity contribution is 0.102. The lowest BCUT2D eigenvalue weighted by atomic mass is 9.87. The number of likely N-dealkylation sites (N-methyl/N-ethyl adjacent to an activating group) is 1. The molecule has 0 aromatic heterocycles. The number of ether oxygens (including phenoxy) is 1. The largest absolute Gasteiger partial charge is 0.495 e. The van der Waals surface area contributed by atoms with Crippen LogP contribution in [0.3, 0.4) is 0 Å². The van der Waals surface area contributed by atoms with Gasteiger partial charge in [-0.05, 0) is 48.4 Å². The third-order valence-corrected chi connectivity index (χ3v) is 5.29. The first kappa shape index (κ1) is 20.2. The highest BCUT2D eigenvalue weighted by Crippen LogP contribution is 2.32. The van der Waals surface area contributed by atoms with Gasteiger partial charge in [-0.25, -0.2) is 0 Å². The number of piperazine rings is 1. The fourth-order valence-electron chi connectivity index (χ4n) is 3.39. The van der Waals surface area contributed by atoms with Crippen LogP contribution in [0, 0.1) is 0 Å². The van der Waals surface area contributed by atoms with Gasteiger partial charge in [-0.15, -0.1) is 0 Å². The molecule has 0 aliphatic carbocycles. The van der Waals surface area contributed by atoms with Gasteiger partial charge in [0, 0.05) is 37.4 Å². The summed E-state index contributed by atoms with van der Waals surface area (Å²) in [4.78, 5) is 17.3. The van der Waals surface area contributed by atoms with E-state index in [1.165, 1.54) is 5.56 Å². The first-order valence-electron chi connectivity index (χ1n) is 9.81. The highest BCUT2D eigenvalue weighted by atomic mass is 16.5. The van der Waals surface area contributed by atoms with Crippen LogP contribution < -0.4 is 15.0 Å². The molecule has 5 nitrogen and oxygen atoms in total. The van der Waals surface area contributed by atoms with E-state index in [2.05, 4.69) is 42.9 Å². The molecule has 2 aromatic rings. The van der Waals surface area contributed by atoms with E-state index in [1.807, 2.05) is 42.5 Å². The van der Waals surface area contributed by atoms with Crippen LogP contribution >= 0.6 is 0 Å². The van der Waals surface area contributed by atoms with Gasteiger partial charge in [0.1, 0.15) is 5.75 Å². The molecular formula is C23H31N3O2. The van der Waals surface area contributed by atoms with Gasteiger partial charge in [0.05, 0.1) is 12.8 Å². The van der Waals surface area contributed by atoms with Crippen molar-refractivity contribution in [2.75, 3.05) is 50.6 Å². The standard InChI is InChI=1S/C23H31N3O2/c1-23(2,3)18-8-6-17(7-9-18)22(27)24-19-10-11-21(28-5)20(16-19)26-14-12-25(4)13-15-26/h6-11,16H,12-15H2,1-5H3,(H,24,27). The van der Waals surface area contributed by atoms with Gasteiger partial charge >= 0.3 is 0 Å². The fourth-order valence-corrected chi connectivity index (χ4v) is 3.39. The number of carbonyl (C=O) groups excluding carboxylic acids is 1. The summed E-state index contributed by atoms with van der Waals surface area (Å²) in [5.41, 5.74) is 3.74. The molecule has 0 spiro atoms. The molecule has 1 amide bonds. The molecule has 1 heterocycles. The summed E-state index contributed by atoms with van der Waals surface area (Å²) in [7, 11) is 3.82. The number of methoxy groups -OCH3 is 1. The minimum atomic E-state index is -0.102. The molecule has 0 radical (unpaired) electrons. The van der Waals surface area contributed by atoms with Crippen molar-refractivity contribution in [1.29, 1.82) is 0 Å². The van der Waals surface area contributed by atoms with Gasteiger partial charge in [0.15, 0.2) is 0 Å². The Balaban J connectivity index is 1.76. The molecule has 1 aliphatic heterocycles. The quantitative estimate of drug-likeness (QED) is 0.870. The zero-order valence-electron chi connectivity index (χ0n) is 17.6. The minimum Gasteiger partial charge on any atom is -0.495 e. The van der Waals surface area contributed by atoms with E-state index in [-0.39, 0.29) is 11.3 Å². The van der Waals surface area contributed by atoms with Crippen molar-refractivity contribution in [2.24, 2.45) is 0 Å². The summed E-state index contributed by atoms with van der Waals surface area (Å²) >= 11 is 0. The van der Waals surface area contributed by atoms with Crippen LogP contribution in [0.15, 0.2) is 42.5 Å². The van der Waals surface area contributed by atoms with Gasteiger partial charge in [-0.1, -0.05) is 32.9 Å². The number of carbonyl (C=O) groups is 1. The van der Waals surface area contributed by atoms with Crippen molar-refractivity contribution in [2.45, 2.75) is 26.2 Å². The van der Waals surface area contributed by atoms with Gasteiger partial charge in [-0.2, -0.15) is 0 Å². The summed E-state index contributed by atoms with van der Waals surface area (Å²) in [6.07, 6.45) is 0. The maximum atomic E-state index is 12.7. The van der Waals surface area contributed by atoms with Gasteiger partial charge in [0.25, 0.3) is 5.91 Å². The third kappa shape index (κ3) is 4.65. The van der Waals surface area contributed by atoms with Crippen molar-refractivity contribution in [1.82, 2.24) is 4.90 Å². The van der Waals surface area contributed by atoms with Crippen molar-refractivity contribution < 1.29 is 9.53 Å². The van der Waals surface area contributed by atoms with E-state index in [4.69, 9.17) is 4.74 Å². The molecule has 0 unspecified atom stereocenters. The average Bonchev–Trinajstić information content (AvgIpc) is 2.68. The Morgan fingerprint density at radius 2 is 1.64 bits per heavy atom. The fraction of sp³-hybridized carbons (Fsp3) is 0.435. The normalized spacial score (nSPS) is 15.4. The molecule has 5 heteroatoms. The molecule has 1 fully saturated rings. The molecule has 0 bridgehead atoms. The molecule has 2 aromatic carbocycles. The van der Waals surface area contributed by atoms with Crippen molar-refractivity contribution in [3.05, 3.63) is 53.6 Å². The lowest BCUT2D eigenvalue weighted by Crippen LogP contribution is -2.44. The Bertz CT molecular complexity index is 817. The van der Waals surface area contributed by atoms with Crippen molar-refractivity contribution >= 4 is 17.3 Å². The summed E-state index contributed by atoms with van der Waals surface area (Å²) in [6.45, 7) is 10.4. The molecule has 0 saturated carbocycles. The smallest absolute Gasteiger partial charge is 0.255 e. The van der Waals surface area contributed by atoms with Gasteiger partial charge in [-0.3, -0.25) is 4.79 Å². The van der Waals surface area contributed by atoms with Crippen LogP contribution in [-0.2, 0) is 5.41 Å². The first-order chi connectivity index (χ1) is 13.3. The van der Waals surface area contributed by atoms with E-state index in [0.29, 0.717) is 5.56 Å². The minimum absolute atomic E-state index is 0.0718. The molecular weight excluding hydrogens is 350 g/mol. The number of anilines is 2. The summed E-state index contributed by atoms with van der Waals surface area (Å²) < 4.78 is 5.55. The molecule has 1 saturated heterocycles. The molecule has 150 valence electrons. The second kappa shape index (κ2) is 8.23. The molecule has 1 aliphatic rings. The Morgan fingerprint density at radius 1 is 1.00 bits per heavy atom. The predicted molar refractivity (Wildman–Crippen MR) is 116 cm³/mol. The van der Waals surface area contributed by atoms with Crippen LogP contribution in [0.25, 0.3) is 0 Å². The number of benzene rings is 2. The van der Waals surface area contributed by atoms with E-state index >= 15 is 0 Å². The molecule has 0 atom stereocenters. The molecule has 3 rings (SSSR count). The van der Waals surface area contributed by atoms with Crippen LogP contribution in [-0.4, -0.2) is 51.1 Å². The van der Waals surface area contributed by atoms with E-state index in [9.17, 15) is 4.79 Å². The van der Waals surface area contributed by atoms with Crippen LogP contribution in [0.5, 0.6) is 5.75 Å². The number of nitrogens with zero attached hydrogens (tertiary/aromatic N) is 2. The van der Waals surface area contributed by atoms with Gasteiger partial charge in [0.2, 0.25) is 0 Å². The van der Waals surface area contributed by atoms with Crippen LogP contribution in [0.2, 0.25) is 0 Å². The lowest BCUT2D eigenvalue weighted by Gasteiger charge is -2.35. The average molecular weight is 382 g/mol. The predicted octanol–water partition coefficient (Wildman–Crippen LogP) is 4.00.